The van der Waals surface area contributed by atoms with Gasteiger partial charge in [0.05, 0.1) is 17.6 Å². The van der Waals surface area contributed by atoms with Crippen LogP contribution in [0, 0.1) is 6.92 Å². The van der Waals surface area contributed by atoms with Crippen molar-refractivity contribution in [1.82, 2.24) is 9.21 Å². The number of para-hydroxylation sites is 2. The monoisotopic (exact) mass is 477 g/mol. The second-order valence-corrected chi connectivity index (χ2v) is 10.4. The average Bonchev–Trinajstić information content (AvgIpc) is 3.00. The molecule has 8 heteroatoms. The molecule has 0 radical (unpaired) electrons. The molecule has 1 atom stereocenters. The molecule has 0 amide bonds. The zero-order chi connectivity index (χ0) is 23.9. The fourth-order valence-corrected chi connectivity index (χ4v) is 6.37. The normalized spacial score (nSPS) is 18.3. The number of methoxy groups -OCH3 is 1. The fraction of sp³-hybridized carbons (Fsp3) is 0.269. The van der Waals surface area contributed by atoms with E-state index in [4.69, 9.17) is 14.5 Å². The Balaban J connectivity index is 1.50. The molecule has 5 rings (SSSR count). The number of sulfonamides is 1. The van der Waals surface area contributed by atoms with Crippen molar-refractivity contribution in [2.45, 2.75) is 24.8 Å². The maximum atomic E-state index is 13.4. The van der Waals surface area contributed by atoms with Crippen LogP contribution in [0.1, 0.15) is 18.1 Å². The third-order valence-electron chi connectivity index (χ3n) is 6.29. The summed E-state index contributed by atoms with van der Waals surface area (Å²) in [6.45, 7) is 5.14. The lowest BCUT2D eigenvalue weighted by molar-refractivity contribution is 0.205. The summed E-state index contributed by atoms with van der Waals surface area (Å²) in [5.41, 5.74) is 2.30. The minimum Gasteiger partial charge on any atom is -0.497 e. The molecule has 34 heavy (non-hydrogen) atoms. The van der Waals surface area contributed by atoms with Crippen molar-refractivity contribution in [3.05, 3.63) is 77.9 Å². The van der Waals surface area contributed by atoms with Crippen LogP contribution in [0.2, 0.25) is 0 Å². The molecule has 0 bridgehead atoms. The molecule has 7 nitrogen and oxygen atoms in total. The van der Waals surface area contributed by atoms with E-state index >= 15 is 0 Å². The zero-order valence-corrected chi connectivity index (χ0v) is 20.2. The summed E-state index contributed by atoms with van der Waals surface area (Å²) in [5, 5.41) is 0. The number of ether oxygens (including phenoxy) is 2. The van der Waals surface area contributed by atoms with Crippen molar-refractivity contribution in [2.75, 3.05) is 26.7 Å². The van der Waals surface area contributed by atoms with Crippen molar-refractivity contribution in [3.63, 3.8) is 0 Å². The van der Waals surface area contributed by atoms with Crippen LogP contribution in [-0.2, 0) is 10.0 Å². The van der Waals surface area contributed by atoms with Gasteiger partial charge in [-0.3, -0.25) is 0 Å². The molecular formula is C26H27N3O4S. The van der Waals surface area contributed by atoms with E-state index in [0.717, 1.165) is 22.6 Å². The summed E-state index contributed by atoms with van der Waals surface area (Å²) >= 11 is 0. The number of rotatable bonds is 3. The molecule has 2 aliphatic rings. The van der Waals surface area contributed by atoms with Gasteiger partial charge in [-0.2, -0.15) is 4.31 Å². The van der Waals surface area contributed by atoms with Gasteiger partial charge in [0.2, 0.25) is 10.0 Å². The van der Waals surface area contributed by atoms with Crippen LogP contribution < -0.4 is 9.47 Å². The largest absolute Gasteiger partial charge is 0.497 e. The first-order valence-electron chi connectivity index (χ1n) is 11.2. The topological polar surface area (TPSA) is 71.4 Å². The van der Waals surface area contributed by atoms with Crippen LogP contribution >= 0.6 is 0 Å². The number of hydrogen-bond acceptors (Lipinski definition) is 6. The van der Waals surface area contributed by atoms with Gasteiger partial charge in [0.15, 0.2) is 5.75 Å². The Hall–Kier alpha value is -3.36. The number of piperazine rings is 1. The maximum absolute atomic E-state index is 13.4. The van der Waals surface area contributed by atoms with E-state index in [9.17, 15) is 8.42 Å². The third-order valence-corrected chi connectivity index (χ3v) is 8.46. The Kier molecular flexibility index (Phi) is 5.79. The van der Waals surface area contributed by atoms with Crippen molar-refractivity contribution in [1.29, 1.82) is 0 Å². The molecule has 0 aliphatic carbocycles. The molecule has 0 saturated carbocycles. The highest BCUT2D eigenvalue weighted by atomic mass is 32.2. The fourth-order valence-electron chi connectivity index (χ4n) is 4.53. The van der Waals surface area contributed by atoms with Crippen molar-refractivity contribution in [2.24, 2.45) is 4.99 Å². The Labute approximate surface area is 200 Å². The van der Waals surface area contributed by atoms with Crippen molar-refractivity contribution >= 4 is 21.5 Å². The SMILES string of the molecule is COc1ccc2c(c1)C(N1CCN(S(=O)(=O)c3ccccc3C)[C@@H](C)C1)=Nc1ccccc1O2. The number of nitrogens with zero attached hydrogens (tertiary/aromatic N) is 3. The lowest BCUT2D eigenvalue weighted by Crippen LogP contribution is -2.55. The summed E-state index contributed by atoms with van der Waals surface area (Å²) in [6.07, 6.45) is 0. The molecule has 176 valence electrons. The number of hydrogen-bond donors (Lipinski definition) is 0. The van der Waals surface area contributed by atoms with Gasteiger partial charge in [-0.15, -0.1) is 0 Å². The van der Waals surface area contributed by atoms with Gasteiger partial charge >= 0.3 is 0 Å². The quantitative estimate of drug-likeness (QED) is 0.552. The van der Waals surface area contributed by atoms with Gasteiger partial charge in [0.1, 0.15) is 23.0 Å². The van der Waals surface area contributed by atoms with Crippen LogP contribution in [0.4, 0.5) is 5.69 Å². The highest BCUT2D eigenvalue weighted by Crippen LogP contribution is 2.39. The first kappa shape index (κ1) is 22.4. The number of aryl methyl sites for hydroxylation is 1. The highest BCUT2D eigenvalue weighted by molar-refractivity contribution is 7.89. The van der Waals surface area contributed by atoms with E-state index in [-0.39, 0.29) is 6.04 Å². The van der Waals surface area contributed by atoms with Crippen LogP contribution in [0.3, 0.4) is 0 Å². The molecule has 0 N–H and O–H groups in total. The molecular weight excluding hydrogens is 450 g/mol. The second kappa shape index (κ2) is 8.77. The standard InChI is InChI=1S/C26H27N3O4S/c1-18-8-4-7-11-25(18)34(30,31)29-15-14-28(17-19(29)2)26-21-16-20(32-3)12-13-23(21)33-24-10-6-5-9-22(24)27-26/h4-13,16,19H,14-15,17H2,1-3H3/t19-/m0/s1. The molecule has 2 heterocycles. The lowest BCUT2D eigenvalue weighted by atomic mass is 10.1. The van der Waals surface area contributed by atoms with E-state index in [0.29, 0.717) is 41.8 Å². The Bertz CT molecular complexity index is 1370. The van der Waals surface area contributed by atoms with E-state index < -0.39 is 10.0 Å². The third kappa shape index (κ3) is 3.93. The van der Waals surface area contributed by atoms with Crippen molar-refractivity contribution in [3.8, 4) is 17.2 Å². The van der Waals surface area contributed by atoms with Gasteiger partial charge in [-0.25, -0.2) is 13.4 Å². The summed E-state index contributed by atoms with van der Waals surface area (Å²) in [4.78, 5) is 7.47. The minimum absolute atomic E-state index is 0.241. The number of fused-ring (bicyclic) bond motifs is 2. The smallest absolute Gasteiger partial charge is 0.243 e. The van der Waals surface area contributed by atoms with E-state index in [1.165, 1.54) is 0 Å². The summed E-state index contributed by atoms with van der Waals surface area (Å²) < 4.78 is 40.1. The summed E-state index contributed by atoms with van der Waals surface area (Å²) in [5.74, 6) is 2.82. The maximum Gasteiger partial charge on any atom is 0.243 e. The predicted molar refractivity (Wildman–Crippen MR) is 132 cm³/mol. The van der Waals surface area contributed by atoms with Crippen LogP contribution in [0.25, 0.3) is 0 Å². The van der Waals surface area contributed by atoms with Gasteiger partial charge in [-0.1, -0.05) is 30.3 Å². The second-order valence-electron chi connectivity index (χ2n) is 8.54. The van der Waals surface area contributed by atoms with Gasteiger partial charge in [0.25, 0.3) is 0 Å². The molecule has 1 saturated heterocycles. The zero-order valence-electron chi connectivity index (χ0n) is 19.4. The molecule has 0 aromatic heterocycles. The summed E-state index contributed by atoms with van der Waals surface area (Å²) in [6, 6.07) is 20.2. The number of benzene rings is 3. The minimum atomic E-state index is -3.60. The molecule has 1 fully saturated rings. The Morgan fingerprint density at radius 3 is 2.53 bits per heavy atom. The molecule has 2 aliphatic heterocycles. The highest BCUT2D eigenvalue weighted by Gasteiger charge is 2.36. The average molecular weight is 478 g/mol. The molecule has 3 aromatic rings. The number of amidine groups is 1. The lowest BCUT2D eigenvalue weighted by Gasteiger charge is -2.40. The molecule has 0 spiro atoms. The van der Waals surface area contributed by atoms with Crippen LogP contribution in [0.15, 0.2) is 76.6 Å². The Morgan fingerprint density at radius 1 is 1.00 bits per heavy atom. The molecule has 3 aromatic carbocycles. The van der Waals surface area contributed by atoms with E-state index in [2.05, 4.69) is 4.90 Å². The van der Waals surface area contributed by atoms with Gasteiger partial charge in [0, 0.05) is 25.7 Å². The molecule has 0 unspecified atom stereocenters. The van der Waals surface area contributed by atoms with Crippen LogP contribution in [0.5, 0.6) is 17.2 Å². The van der Waals surface area contributed by atoms with Gasteiger partial charge < -0.3 is 14.4 Å². The Morgan fingerprint density at radius 2 is 1.76 bits per heavy atom. The van der Waals surface area contributed by atoms with E-state index in [1.54, 1.807) is 23.5 Å². The van der Waals surface area contributed by atoms with E-state index in [1.807, 2.05) is 68.4 Å². The van der Waals surface area contributed by atoms with Crippen molar-refractivity contribution < 1.29 is 17.9 Å². The summed E-state index contributed by atoms with van der Waals surface area (Å²) in [7, 11) is -1.97. The first-order chi connectivity index (χ1) is 16.4. The first-order valence-corrected chi connectivity index (χ1v) is 12.7. The number of aliphatic imine (C=N–C) groups is 1. The predicted octanol–water partition coefficient (Wildman–Crippen LogP) is 4.58. The van der Waals surface area contributed by atoms with Gasteiger partial charge in [-0.05, 0) is 55.8 Å². The van der Waals surface area contributed by atoms with Crippen LogP contribution in [-0.4, -0.2) is 56.2 Å².